The topological polar surface area (TPSA) is 88.7 Å². The van der Waals surface area contributed by atoms with Crippen LogP contribution in [0.5, 0.6) is 11.5 Å². The maximum absolute atomic E-state index is 11.9. The Labute approximate surface area is 148 Å². The molecule has 3 N–H and O–H groups in total. The number of carbonyl (C=O) groups excluding carboxylic acids is 2. The summed E-state index contributed by atoms with van der Waals surface area (Å²) < 4.78 is 11.0. The summed E-state index contributed by atoms with van der Waals surface area (Å²) in [5, 5.41) is 8.24. The first kappa shape index (κ1) is 18.9. The van der Waals surface area contributed by atoms with Gasteiger partial charge in [-0.25, -0.2) is 4.79 Å². The molecule has 0 saturated carbocycles. The Morgan fingerprint density at radius 3 is 2.56 bits per heavy atom. The van der Waals surface area contributed by atoms with Gasteiger partial charge < -0.3 is 25.4 Å². The second-order valence-electron chi connectivity index (χ2n) is 6.17. The first-order chi connectivity index (χ1) is 12.0. The van der Waals surface area contributed by atoms with Crippen molar-refractivity contribution in [2.24, 2.45) is 0 Å². The van der Waals surface area contributed by atoms with Gasteiger partial charge in [0.25, 0.3) is 0 Å². The van der Waals surface area contributed by atoms with Crippen LogP contribution in [0.2, 0.25) is 0 Å². The maximum Gasteiger partial charge on any atom is 0.315 e. The summed E-state index contributed by atoms with van der Waals surface area (Å²) in [6.07, 6.45) is 1.51. The Bertz CT molecular complexity index is 606. The quantitative estimate of drug-likeness (QED) is 0.698. The largest absolute Gasteiger partial charge is 0.486 e. The van der Waals surface area contributed by atoms with Crippen molar-refractivity contribution in [1.82, 2.24) is 16.0 Å². The molecule has 0 fully saturated rings. The molecule has 1 aliphatic rings. The van der Waals surface area contributed by atoms with Gasteiger partial charge >= 0.3 is 6.03 Å². The number of urea groups is 1. The van der Waals surface area contributed by atoms with Crippen LogP contribution in [0.3, 0.4) is 0 Å². The van der Waals surface area contributed by atoms with E-state index in [-0.39, 0.29) is 18.0 Å². The number of nitrogens with one attached hydrogen (secondary N) is 3. The van der Waals surface area contributed by atoms with Gasteiger partial charge in [-0.05, 0) is 44.4 Å². The molecule has 138 valence electrons. The van der Waals surface area contributed by atoms with Gasteiger partial charge in [0.1, 0.15) is 19.3 Å². The number of benzene rings is 1. The molecule has 2 atom stereocenters. The highest BCUT2D eigenvalue weighted by molar-refractivity contribution is 5.86. The molecule has 0 spiro atoms. The van der Waals surface area contributed by atoms with E-state index in [0.29, 0.717) is 26.2 Å². The number of hydrogen-bond donors (Lipinski definition) is 3. The summed E-state index contributed by atoms with van der Waals surface area (Å²) in [4.78, 5) is 23.8. The number of ether oxygens (including phenoxy) is 2. The van der Waals surface area contributed by atoms with Gasteiger partial charge in [0.15, 0.2) is 11.5 Å². The number of rotatable bonds is 7. The molecule has 0 bridgehead atoms. The Morgan fingerprint density at radius 2 is 1.84 bits per heavy atom. The lowest BCUT2D eigenvalue weighted by atomic mass is 10.1. The molecule has 7 heteroatoms. The van der Waals surface area contributed by atoms with Gasteiger partial charge in [0.2, 0.25) is 5.91 Å². The summed E-state index contributed by atoms with van der Waals surface area (Å²) in [7, 11) is 0. The van der Waals surface area contributed by atoms with Crippen LogP contribution in [-0.4, -0.2) is 43.8 Å². The van der Waals surface area contributed by atoms with Gasteiger partial charge in [0, 0.05) is 12.6 Å². The molecule has 1 heterocycles. The second-order valence-corrected chi connectivity index (χ2v) is 6.17. The van der Waals surface area contributed by atoms with E-state index in [1.165, 1.54) is 0 Å². The predicted octanol–water partition coefficient (Wildman–Crippen LogP) is 1.60. The van der Waals surface area contributed by atoms with Crippen LogP contribution in [0, 0.1) is 0 Å². The van der Waals surface area contributed by atoms with Crippen molar-refractivity contribution in [3.05, 3.63) is 23.8 Å². The summed E-state index contributed by atoms with van der Waals surface area (Å²) in [6, 6.07) is 4.92. The fourth-order valence-electron chi connectivity index (χ4n) is 2.35. The molecule has 0 aliphatic carbocycles. The molecule has 1 aromatic rings. The molecule has 3 amide bonds. The standard InChI is InChI=1S/C18H27N3O4/c1-4-12(2)20-17(22)13(3)21-18(23)19-8-7-14-5-6-15-16(11-14)25-10-9-24-15/h5-6,11-13H,4,7-10H2,1-3H3,(H,20,22)(H2,19,21,23)/t12-,13+/m0/s1. The minimum atomic E-state index is -0.580. The fraction of sp³-hybridized carbons (Fsp3) is 0.556. The predicted molar refractivity (Wildman–Crippen MR) is 95.0 cm³/mol. The van der Waals surface area contributed by atoms with Crippen molar-refractivity contribution in [2.45, 2.75) is 45.7 Å². The van der Waals surface area contributed by atoms with Crippen LogP contribution in [-0.2, 0) is 11.2 Å². The van der Waals surface area contributed by atoms with Crippen LogP contribution in [0.25, 0.3) is 0 Å². The first-order valence-corrected chi connectivity index (χ1v) is 8.73. The van der Waals surface area contributed by atoms with Crippen LogP contribution in [0.4, 0.5) is 4.79 Å². The molecule has 25 heavy (non-hydrogen) atoms. The molecule has 0 saturated heterocycles. The monoisotopic (exact) mass is 349 g/mol. The summed E-state index contributed by atoms with van der Waals surface area (Å²) in [5.74, 6) is 1.31. The van der Waals surface area contributed by atoms with Crippen molar-refractivity contribution >= 4 is 11.9 Å². The van der Waals surface area contributed by atoms with Crippen LogP contribution >= 0.6 is 0 Å². The van der Waals surface area contributed by atoms with E-state index in [9.17, 15) is 9.59 Å². The normalized spacial score (nSPS) is 15.0. The third-order valence-electron chi connectivity index (χ3n) is 4.05. The van der Waals surface area contributed by atoms with Gasteiger partial charge in [-0.1, -0.05) is 13.0 Å². The summed E-state index contributed by atoms with van der Waals surface area (Å²) >= 11 is 0. The lowest BCUT2D eigenvalue weighted by Gasteiger charge is -2.19. The molecule has 0 aromatic heterocycles. The Kier molecular flexibility index (Phi) is 6.91. The third-order valence-corrected chi connectivity index (χ3v) is 4.05. The lowest BCUT2D eigenvalue weighted by Crippen LogP contribution is -2.50. The molecular formula is C18H27N3O4. The maximum atomic E-state index is 11.9. The molecular weight excluding hydrogens is 322 g/mol. The summed E-state index contributed by atoms with van der Waals surface area (Å²) in [5.41, 5.74) is 1.05. The Balaban J connectivity index is 1.72. The molecule has 7 nitrogen and oxygen atoms in total. The second kappa shape index (κ2) is 9.15. The minimum absolute atomic E-state index is 0.0926. The van der Waals surface area contributed by atoms with Gasteiger partial charge in [-0.3, -0.25) is 4.79 Å². The zero-order valence-electron chi connectivity index (χ0n) is 15.1. The average Bonchev–Trinajstić information content (AvgIpc) is 2.61. The zero-order valence-corrected chi connectivity index (χ0v) is 15.1. The number of hydrogen-bond acceptors (Lipinski definition) is 4. The molecule has 0 radical (unpaired) electrons. The zero-order chi connectivity index (χ0) is 18.2. The minimum Gasteiger partial charge on any atom is -0.486 e. The molecule has 2 rings (SSSR count). The van der Waals surface area contributed by atoms with Crippen LogP contribution < -0.4 is 25.4 Å². The number of fused-ring (bicyclic) bond motifs is 1. The van der Waals surface area contributed by atoms with Crippen LogP contribution in [0.15, 0.2) is 18.2 Å². The van der Waals surface area contributed by atoms with E-state index in [2.05, 4.69) is 16.0 Å². The summed E-state index contributed by atoms with van der Waals surface area (Å²) in [6.45, 7) is 7.17. The van der Waals surface area contributed by atoms with Gasteiger partial charge in [-0.2, -0.15) is 0 Å². The lowest BCUT2D eigenvalue weighted by molar-refractivity contribution is -0.123. The van der Waals surface area contributed by atoms with E-state index in [1.807, 2.05) is 32.0 Å². The number of carbonyl (C=O) groups is 2. The van der Waals surface area contributed by atoms with Crippen LogP contribution in [0.1, 0.15) is 32.8 Å². The smallest absolute Gasteiger partial charge is 0.315 e. The highest BCUT2D eigenvalue weighted by atomic mass is 16.6. The van der Waals surface area contributed by atoms with E-state index < -0.39 is 6.04 Å². The van der Waals surface area contributed by atoms with E-state index in [4.69, 9.17) is 9.47 Å². The van der Waals surface area contributed by atoms with Gasteiger partial charge in [0.05, 0.1) is 0 Å². The van der Waals surface area contributed by atoms with Crippen molar-refractivity contribution in [2.75, 3.05) is 19.8 Å². The number of amides is 3. The van der Waals surface area contributed by atoms with E-state index in [1.54, 1.807) is 6.92 Å². The highest BCUT2D eigenvalue weighted by Gasteiger charge is 2.16. The fourth-order valence-corrected chi connectivity index (χ4v) is 2.35. The highest BCUT2D eigenvalue weighted by Crippen LogP contribution is 2.30. The van der Waals surface area contributed by atoms with E-state index >= 15 is 0 Å². The van der Waals surface area contributed by atoms with Crippen molar-refractivity contribution in [3.63, 3.8) is 0 Å². The average molecular weight is 349 g/mol. The Hall–Kier alpha value is -2.44. The SMILES string of the molecule is CC[C@H](C)NC(=O)[C@@H](C)NC(=O)NCCc1ccc2c(c1)OCCO2. The van der Waals surface area contributed by atoms with Crippen molar-refractivity contribution < 1.29 is 19.1 Å². The molecule has 1 aromatic carbocycles. The first-order valence-electron chi connectivity index (χ1n) is 8.73. The Morgan fingerprint density at radius 1 is 1.12 bits per heavy atom. The van der Waals surface area contributed by atoms with E-state index in [0.717, 1.165) is 23.5 Å². The molecule has 1 aliphatic heterocycles. The van der Waals surface area contributed by atoms with Crippen molar-refractivity contribution in [1.29, 1.82) is 0 Å². The third kappa shape index (κ3) is 5.85. The van der Waals surface area contributed by atoms with Crippen molar-refractivity contribution in [3.8, 4) is 11.5 Å². The molecule has 0 unspecified atom stereocenters. The van der Waals surface area contributed by atoms with Gasteiger partial charge in [-0.15, -0.1) is 0 Å².